The molecule has 0 saturated heterocycles. The van der Waals surface area contributed by atoms with Crippen molar-refractivity contribution in [2.45, 2.75) is 70.1 Å². The highest BCUT2D eigenvalue weighted by Crippen LogP contribution is 2.35. The molecule has 6 nitrogen and oxygen atoms in total. The molecule has 7 heteroatoms. The summed E-state index contributed by atoms with van der Waals surface area (Å²) in [4.78, 5) is 30.5. The lowest BCUT2D eigenvalue weighted by Crippen LogP contribution is -2.64. The van der Waals surface area contributed by atoms with Crippen molar-refractivity contribution in [1.29, 1.82) is 0 Å². The maximum atomic E-state index is 13.8. The van der Waals surface area contributed by atoms with Crippen molar-refractivity contribution < 1.29 is 14.3 Å². The van der Waals surface area contributed by atoms with Crippen LogP contribution in [0.15, 0.2) is 41.8 Å². The van der Waals surface area contributed by atoms with Crippen molar-refractivity contribution in [2.24, 2.45) is 0 Å². The summed E-state index contributed by atoms with van der Waals surface area (Å²) < 4.78 is 7.42. The number of hydrogen-bond acceptors (Lipinski definition) is 4. The molecule has 1 N–H and O–H groups in total. The molecule has 1 atom stereocenters. The molecular formula is C26H31N3O3S. The Morgan fingerprint density at radius 3 is 2.67 bits per heavy atom. The number of hydrogen-bond donors (Lipinski definition) is 1. The summed E-state index contributed by atoms with van der Waals surface area (Å²) in [5, 5.41) is 6.31. The smallest absolute Gasteiger partial charge is 0.271 e. The van der Waals surface area contributed by atoms with Crippen LogP contribution in [-0.4, -0.2) is 40.0 Å². The Kier molecular flexibility index (Phi) is 5.91. The van der Waals surface area contributed by atoms with Gasteiger partial charge in [0.05, 0.1) is 25.7 Å². The van der Waals surface area contributed by atoms with Gasteiger partial charge in [0, 0.05) is 22.4 Å². The Hall–Kier alpha value is -2.80. The second-order valence-electron chi connectivity index (χ2n) is 9.45. The highest BCUT2D eigenvalue weighted by Gasteiger charge is 2.48. The minimum Gasteiger partial charge on any atom is -0.497 e. The van der Waals surface area contributed by atoms with E-state index < -0.39 is 5.54 Å². The third-order valence-electron chi connectivity index (χ3n) is 7.21. The van der Waals surface area contributed by atoms with Gasteiger partial charge in [-0.2, -0.15) is 0 Å². The summed E-state index contributed by atoms with van der Waals surface area (Å²) in [6.07, 6.45) is 6.77. The molecule has 1 saturated carbocycles. The number of amides is 2. The Balaban J connectivity index is 1.54. The molecule has 1 aliphatic carbocycles. The summed E-state index contributed by atoms with van der Waals surface area (Å²) in [7, 11) is 1.64. The van der Waals surface area contributed by atoms with E-state index in [-0.39, 0.29) is 17.9 Å². The molecule has 3 heterocycles. The van der Waals surface area contributed by atoms with Crippen molar-refractivity contribution in [1.82, 2.24) is 14.8 Å². The standard InChI is InChI=1S/C26H31N3O3S/c1-26(25(31)27-19-8-5-3-4-6-9-19)17-28-22-15-20(32-2)12-11-18(22)14-23(28)24(30)29(26)16-21-10-7-13-33-21/h7,10-15,19H,3-6,8-9,16-17H2,1-2H3,(H,27,31)/t26-/m1/s1. The number of carbonyl (C=O) groups is 2. The van der Waals surface area contributed by atoms with Gasteiger partial charge in [0.2, 0.25) is 5.91 Å². The second kappa shape index (κ2) is 8.86. The highest BCUT2D eigenvalue weighted by molar-refractivity contribution is 7.09. The van der Waals surface area contributed by atoms with E-state index in [1.54, 1.807) is 23.3 Å². The van der Waals surface area contributed by atoms with Crippen LogP contribution in [0.2, 0.25) is 0 Å². The minimum absolute atomic E-state index is 0.0605. The number of methoxy groups -OCH3 is 1. The number of nitrogens with one attached hydrogen (secondary N) is 1. The summed E-state index contributed by atoms with van der Waals surface area (Å²) in [5.74, 6) is 0.569. The average molecular weight is 466 g/mol. The zero-order chi connectivity index (χ0) is 23.0. The van der Waals surface area contributed by atoms with Crippen molar-refractivity contribution in [2.75, 3.05) is 7.11 Å². The molecule has 3 aromatic rings. The first-order chi connectivity index (χ1) is 16.0. The third-order valence-corrected chi connectivity index (χ3v) is 8.07. The number of thiophene rings is 1. The minimum atomic E-state index is -0.991. The van der Waals surface area contributed by atoms with Crippen LogP contribution in [0.5, 0.6) is 5.75 Å². The topological polar surface area (TPSA) is 63.6 Å². The van der Waals surface area contributed by atoms with Gasteiger partial charge in [0.1, 0.15) is 17.0 Å². The lowest BCUT2D eigenvalue weighted by molar-refractivity contribution is -0.134. The Labute approximate surface area is 198 Å². The summed E-state index contributed by atoms with van der Waals surface area (Å²) in [6.45, 7) is 2.75. The number of aromatic nitrogens is 1. The van der Waals surface area contributed by atoms with Gasteiger partial charge in [0.25, 0.3) is 5.91 Å². The number of fused-ring (bicyclic) bond motifs is 3. The van der Waals surface area contributed by atoms with E-state index in [0.717, 1.165) is 47.2 Å². The maximum absolute atomic E-state index is 13.8. The highest BCUT2D eigenvalue weighted by atomic mass is 32.1. The van der Waals surface area contributed by atoms with Gasteiger partial charge in [-0.1, -0.05) is 31.7 Å². The summed E-state index contributed by atoms with van der Waals surface area (Å²) in [6, 6.07) is 11.9. The van der Waals surface area contributed by atoms with Gasteiger partial charge in [0.15, 0.2) is 0 Å². The van der Waals surface area contributed by atoms with E-state index in [4.69, 9.17) is 4.74 Å². The molecule has 2 aliphatic rings. The normalized spacial score (nSPS) is 21.6. The molecule has 0 unspecified atom stereocenters. The van der Waals surface area contributed by atoms with Gasteiger partial charge in [-0.25, -0.2) is 0 Å². The lowest BCUT2D eigenvalue weighted by atomic mass is 9.93. The fourth-order valence-electron chi connectivity index (χ4n) is 5.23. The van der Waals surface area contributed by atoms with Gasteiger partial charge < -0.3 is 19.5 Å². The van der Waals surface area contributed by atoms with Crippen LogP contribution in [0.3, 0.4) is 0 Å². The zero-order valence-corrected chi connectivity index (χ0v) is 20.1. The molecule has 0 spiro atoms. The maximum Gasteiger partial charge on any atom is 0.271 e. The molecule has 1 aromatic carbocycles. The SMILES string of the molecule is COc1ccc2cc3n(c2c1)C[C@](C)(C(=O)NC1CCCCCC1)N(Cc1cccs1)C3=O. The van der Waals surface area contributed by atoms with Crippen LogP contribution < -0.4 is 10.1 Å². The molecule has 0 bridgehead atoms. The first kappa shape index (κ1) is 22.0. The molecule has 1 aliphatic heterocycles. The summed E-state index contributed by atoms with van der Waals surface area (Å²) >= 11 is 1.61. The lowest BCUT2D eigenvalue weighted by Gasteiger charge is -2.44. The predicted molar refractivity (Wildman–Crippen MR) is 131 cm³/mol. The molecule has 0 radical (unpaired) electrons. The first-order valence-electron chi connectivity index (χ1n) is 11.8. The van der Waals surface area contributed by atoms with Crippen LogP contribution in [0, 0.1) is 0 Å². The molecule has 2 aromatic heterocycles. The number of carbonyl (C=O) groups excluding carboxylic acids is 2. The van der Waals surface area contributed by atoms with Gasteiger partial charge in [-0.05, 0) is 49.4 Å². The quantitative estimate of drug-likeness (QED) is 0.542. The molecule has 174 valence electrons. The number of benzene rings is 1. The fraction of sp³-hybridized carbons (Fsp3) is 0.462. The van der Waals surface area contributed by atoms with Crippen LogP contribution in [0.4, 0.5) is 0 Å². The predicted octanol–water partition coefficient (Wildman–Crippen LogP) is 4.97. The van der Waals surface area contributed by atoms with Crippen molar-refractivity contribution in [3.05, 3.63) is 52.3 Å². The van der Waals surface area contributed by atoms with Crippen molar-refractivity contribution in [3.8, 4) is 5.75 Å². The summed E-state index contributed by atoms with van der Waals surface area (Å²) in [5.41, 5.74) is 0.548. The van der Waals surface area contributed by atoms with E-state index in [0.29, 0.717) is 18.8 Å². The van der Waals surface area contributed by atoms with E-state index in [1.165, 1.54) is 12.8 Å². The van der Waals surface area contributed by atoms with Crippen molar-refractivity contribution in [3.63, 3.8) is 0 Å². The van der Waals surface area contributed by atoms with Crippen molar-refractivity contribution >= 4 is 34.1 Å². The van der Waals surface area contributed by atoms with Crippen LogP contribution >= 0.6 is 11.3 Å². The number of nitrogens with zero attached hydrogens (tertiary/aromatic N) is 2. The number of ether oxygens (including phenoxy) is 1. The number of rotatable bonds is 5. The van der Waals surface area contributed by atoms with Gasteiger partial charge in [-0.15, -0.1) is 11.3 Å². The first-order valence-corrected chi connectivity index (χ1v) is 12.7. The van der Waals surface area contributed by atoms with Crippen LogP contribution in [0.1, 0.15) is 60.8 Å². The van der Waals surface area contributed by atoms with Gasteiger partial charge in [-0.3, -0.25) is 9.59 Å². The second-order valence-corrected chi connectivity index (χ2v) is 10.5. The molecule has 2 amide bonds. The third kappa shape index (κ3) is 4.03. The Morgan fingerprint density at radius 1 is 1.18 bits per heavy atom. The average Bonchev–Trinajstić information content (AvgIpc) is 3.38. The van der Waals surface area contributed by atoms with Crippen LogP contribution in [-0.2, 0) is 17.9 Å². The molecular weight excluding hydrogens is 434 g/mol. The monoisotopic (exact) mass is 465 g/mol. The Bertz CT molecular complexity index is 1160. The Morgan fingerprint density at radius 2 is 1.97 bits per heavy atom. The molecule has 1 fully saturated rings. The molecule has 5 rings (SSSR count). The van der Waals surface area contributed by atoms with Crippen LogP contribution in [0.25, 0.3) is 10.9 Å². The van der Waals surface area contributed by atoms with Gasteiger partial charge >= 0.3 is 0 Å². The van der Waals surface area contributed by atoms with E-state index >= 15 is 0 Å². The van der Waals surface area contributed by atoms with E-state index in [2.05, 4.69) is 5.32 Å². The zero-order valence-electron chi connectivity index (χ0n) is 19.3. The fourth-order valence-corrected chi connectivity index (χ4v) is 5.92. The van der Waals surface area contributed by atoms with E-state index in [9.17, 15) is 9.59 Å². The molecule has 33 heavy (non-hydrogen) atoms. The van der Waals surface area contributed by atoms with E-state index in [1.807, 2.05) is 53.3 Å². The largest absolute Gasteiger partial charge is 0.497 e.